The Balaban J connectivity index is 2.89. The van der Waals surface area contributed by atoms with E-state index in [-0.39, 0.29) is 5.82 Å². The lowest BCUT2D eigenvalue weighted by Crippen LogP contribution is -1.79. The Morgan fingerprint density at radius 1 is 1.42 bits per heavy atom. The molecule has 0 aliphatic heterocycles. The second kappa shape index (κ2) is 2.96. The minimum absolute atomic E-state index is 0.110. The maximum absolute atomic E-state index is 13.1. The SMILES string of the molecule is Cc1c(F)ccc2cc(I)sc12. The number of benzene rings is 1. The van der Waals surface area contributed by atoms with Crippen molar-refractivity contribution in [2.24, 2.45) is 0 Å². The average Bonchev–Trinajstić information content (AvgIpc) is 2.39. The molecule has 62 valence electrons. The number of aryl methyl sites for hydroxylation is 1. The van der Waals surface area contributed by atoms with E-state index in [2.05, 4.69) is 28.7 Å². The van der Waals surface area contributed by atoms with Crippen LogP contribution < -0.4 is 0 Å². The van der Waals surface area contributed by atoms with Crippen LogP contribution in [0.15, 0.2) is 18.2 Å². The normalized spacial score (nSPS) is 10.9. The predicted molar refractivity (Wildman–Crippen MR) is 59.2 cm³/mol. The van der Waals surface area contributed by atoms with Crippen molar-refractivity contribution in [3.63, 3.8) is 0 Å². The molecule has 0 unspecified atom stereocenters. The Hall–Kier alpha value is -0.160. The van der Waals surface area contributed by atoms with Crippen molar-refractivity contribution in [1.82, 2.24) is 0 Å². The third-order valence-electron chi connectivity index (χ3n) is 1.84. The van der Waals surface area contributed by atoms with E-state index < -0.39 is 0 Å². The zero-order valence-corrected chi connectivity index (χ0v) is 9.37. The van der Waals surface area contributed by atoms with Gasteiger partial charge in [-0.1, -0.05) is 6.07 Å². The van der Waals surface area contributed by atoms with Crippen LogP contribution in [0, 0.1) is 15.6 Å². The van der Waals surface area contributed by atoms with Crippen LogP contribution in [0.2, 0.25) is 0 Å². The quantitative estimate of drug-likeness (QED) is 0.645. The molecule has 0 fully saturated rings. The molecular formula is C9H6FIS. The highest BCUT2D eigenvalue weighted by Gasteiger charge is 2.05. The van der Waals surface area contributed by atoms with Gasteiger partial charge in [0.2, 0.25) is 0 Å². The highest BCUT2D eigenvalue weighted by atomic mass is 127. The summed E-state index contributed by atoms with van der Waals surface area (Å²) in [5.41, 5.74) is 0.764. The Morgan fingerprint density at radius 3 is 2.92 bits per heavy atom. The van der Waals surface area contributed by atoms with Crippen molar-refractivity contribution in [2.45, 2.75) is 6.92 Å². The lowest BCUT2D eigenvalue weighted by molar-refractivity contribution is 0.621. The van der Waals surface area contributed by atoms with Gasteiger partial charge >= 0.3 is 0 Å². The molecule has 1 aromatic carbocycles. The molecule has 0 saturated heterocycles. The van der Waals surface area contributed by atoms with E-state index in [4.69, 9.17) is 0 Å². The summed E-state index contributed by atoms with van der Waals surface area (Å²) >= 11 is 3.90. The maximum Gasteiger partial charge on any atom is 0.127 e. The smallest absolute Gasteiger partial charge is 0.127 e. The zero-order valence-electron chi connectivity index (χ0n) is 6.40. The Kier molecular flexibility index (Phi) is 2.08. The number of halogens is 2. The summed E-state index contributed by atoms with van der Waals surface area (Å²) < 4.78 is 15.3. The predicted octanol–water partition coefficient (Wildman–Crippen LogP) is 3.95. The first kappa shape index (κ1) is 8.44. The van der Waals surface area contributed by atoms with E-state index in [9.17, 15) is 4.39 Å². The number of hydrogen-bond donors (Lipinski definition) is 0. The second-order valence-corrected chi connectivity index (χ2v) is 5.59. The van der Waals surface area contributed by atoms with Crippen LogP contribution in [0.3, 0.4) is 0 Å². The van der Waals surface area contributed by atoms with E-state index in [0.717, 1.165) is 15.6 Å². The molecule has 1 heterocycles. The molecule has 0 aliphatic rings. The number of hydrogen-bond acceptors (Lipinski definition) is 1. The molecule has 1 aromatic heterocycles. The largest absolute Gasteiger partial charge is 0.207 e. The van der Waals surface area contributed by atoms with Crippen LogP contribution in [0.1, 0.15) is 5.56 Å². The summed E-state index contributed by atoms with van der Waals surface area (Å²) in [4.78, 5) is 0. The summed E-state index contributed by atoms with van der Waals surface area (Å²) in [6.07, 6.45) is 0. The molecule has 2 rings (SSSR count). The number of fused-ring (bicyclic) bond motifs is 1. The van der Waals surface area contributed by atoms with Gasteiger partial charge in [0.15, 0.2) is 0 Å². The van der Waals surface area contributed by atoms with E-state index in [1.165, 1.54) is 8.95 Å². The van der Waals surface area contributed by atoms with Crippen LogP contribution in [0.4, 0.5) is 4.39 Å². The van der Waals surface area contributed by atoms with Crippen LogP contribution in [-0.2, 0) is 0 Å². The first-order valence-electron chi connectivity index (χ1n) is 3.52. The van der Waals surface area contributed by atoms with Crippen molar-refractivity contribution >= 4 is 44.0 Å². The molecule has 0 radical (unpaired) electrons. The third kappa shape index (κ3) is 1.25. The fourth-order valence-corrected chi connectivity index (χ4v) is 3.06. The number of rotatable bonds is 0. The van der Waals surface area contributed by atoms with Gasteiger partial charge in [-0.3, -0.25) is 0 Å². The summed E-state index contributed by atoms with van der Waals surface area (Å²) in [6, 6.07) is 5.43. The van der Waals surface area contributed by atoms with Gasteiger partial charge in [0.1, 0.15) is 5.82 Å². The van der Waals surface area contributed by atoms with Gasteiger partial charge in [-0.2, -0.15) is 0 Å². The highest BCUT2D eigenvalue weighted by Crippen LogP contribution is 2.30. The fourth-order valence-electron chi connectivity index (χ4n) is 1.19. The van der Waals surface area contributed by atoms with Gasteiger partial charge in [0, 0.05) is 10.3 Å². The topological polar surface area (TPSA) is 0 Å². The minimum Gasteiger partial charge on any atom is -0.207 e. The van der Waals surface area contributed by atoms with E-state index in [1.54, 1.807) is 11.3 Å². The molecule has 0 nitrogen and oxygen atoms in total. The van der Waals surface area contributed by atoms with Gasteiger partial charge in [0.05, 0.1) is 2.88 Å². The van der Waals surface area contributed by atoms with E-state index in [1.807, 2.05) is 13.0 Å². The van der Waals surface area contributed by atoms with Crippen LogP contribution >= 0.6 is 33.9 Å². The Labute approximate surface area is 87.5 Å². The van der Waals surface area contributed by atoms with Crippen molar-refractivity contribution < 1.29 is 4.39 Å². The van der Waals surface area contributed by atoms with Gasteiger partial charge in [-0.25, -0.2) is 4.39 Å². The van der Waals surface area contributed by atoms with Crippen LogP contribution in [0.5, 0.6) is 0 Å². The summed E-state index contributed by atoms with van der Waals surface area (Å²) in [5.74, 6) is -0.110. The van der Waals surface area contributed by atoms with Gasteiger partial charge < -0.3 is 0 Å². The van der Waals surface area contributed by atoms with Crippen molar-refractivity contribution in [2.75, 3.05) is 0 Å². The van der Waals surface area contributed by atoms with E-state index in [0.29, 0.717) is 0 Å². The van der Waals surface area contributed by atoms with Crippen molar-refractivity contribution in [1.29, 1.82) is 0 Å². The molecule has 0 aliphatic carbocycles. The highest BCUT2D eigenvalue weighted by molar-refractivity contribution is 14.1. The molecule has 2 aromatic rings. The fraction of sp³-hybridized carbons (Fsp3) is 0.111. The second-order valence-electron chi connectivity index (χ2n) is 2.64. The molecule has 0 amide bonds. The van der Waals surface area contributed by atoms with Crippen LogP contribution in [0.25, 0.3) is 10.1 Å². The van der Waals surface area contributed by atoms with Gasteiger partial charge in [-0.15, -0.1) is 11.3 Å². The Morgan fingerprint density at radius 2 is 2.17 bits per heavy atom. The van der Waals surface area contributed by atoms with Crippen molar-refractivity contribution in [3.8, 4) is 0 Å². The molecule has 0 N–H and O–H groups in total. The van der Waals surface area contributed by atoms with E-state index >= 15 is 0 Å². The summed E-state index contributed by atoms with van der Waals surface area (Å²) in [5, 5.41) is 1.14. The summed E-state index contributed by atoms with van der Waals surface area (Å²) in [6.45, 7) is 1.82. The molecule has 12 heavy (non-hydrogen) atoms. The lowest BCUT2D eigenvalue weighted by Gasteiger charge is -1.95. The molecule has 0 spiro atoms. The Bertz CT molecular complexity index is 433. The standard InChI is InChI=1S/C9H6FIS/c1-5-7(10)3-2-6-4-8(11)12-9(5)6/h2-4H,1H3. The van der Waals surface area contributed by atoms with Gasteiger partial charge in [0.25, 0.3) is 0 Å². The minimum atomic E-state index is -0.110. The van der Waals surface area contributed by atoms with Crippen molar-refractivity contribution in [3.05, 3.63) is 32.5 Å². The number of thiophene rings is 1. The monoisotopic (exact) mass is 292 g/mol. The molecule has 3 heteroatoms. The zero-order chi connectivity index (χ0) is 8.72. The molecular weight excluding hydrogens is 286 g/mol. The maximum atomic E-state index is 13.1. The third-order valence-corrected chi connectivity index (χ3v) is 3.87. The first-order chi connectivity index (χ1) is 5.68. The first-order valence-corrected chi connectivity index (χ1v) is 5.42. The average molecular weight is 292 g/mol. The molecule has 0 atom stereocenters. The van der Waals surface area contributed by atoms with Gasteiger partial charge in [-0.05, 0) is 47.0 Å². The molecule has 0 saturated carbocycles. The summed E-state index contributed by atoms with van der Waals surface area (Å²) in [7, 11) is 0. The van der Waals surface area contributed by atoms with Crippen LogP contribution in [-0.4, -0.2) is 0 Å². The molecule has 0 bridgehead atoms. The lowest BCUT2D eigenvalue weighted by atomic mass is 10.2.